The van der Waals surface area contributed by atoms with E-state index in [1.54, 1.807) is 23.4 Å². The lowest BCUT2D eigenvalue weighted by molar-refractivity contribution is 0.199. The molecule has 2 aromatic rings. The second kappa shape index (κ2) is 3.96. The molecule has 1 aliphatic rings. The molecule has 0 spiro atoms. The first kappa shape index (κ1) is 11.0. The van der Waals surface area contributed by atoms with E-state index < -0.39 is 6.10 Å². The number of nitrogens with zero attached hydrogens (tertiary/aromatic N) is 4. The molecule has 1 atom stereocenters. The van der Waals surface area contributed by atoms with Crippen molar-refractivity contribution in [2.24, 2.45) is 7.05 Å². The van der Waals surface area contributed by atoms with Gasteiger partial charge in [-0.05, 0) is 28.8 Å². The summed E-state index contributed by atoms with van der Waals surface area (Å²) in [4.78, 5) is 4.13. The molecule has 0 amide bonds. The molecule has 1 N–H and O–H groups in total. The lowest BCUT2D eigenvalue weighted by Gasteiger charge is -2.14. The zero-order valence-corrected chi connectivity index (χ0v) is 11.0. The van der Waals surface area contributed by atoms with Crippen molar-refractivity contribution in [1.82, 2.24) is 19.3 Å². The molecule has 5 nitrogen and oxygen atoms in total. The zero-order chi connectivity index (χ0) is 12.0. The van der Waals surface area contributed by atoms with Gasteiger partial charge in [-0.1, -0.05) is 0 Å². The lowest BCUT2D eigenvalue weighted by Crippen LogP contribution is -2.11. The molecular formula is C11H13BrN4O. The number of aliphatic hydroxyl groups is 1. The fraction of sp³-hybridized carbons (Fsp3) is 0.455. The standard InChI is InChI=1S/C11H13BrN4O/c1-15-10(8(12)4-14-15)11(17)9-5-13-6-16(9)7-2-3-7/h4-7,11,17H,2-3H2,1H3. The third-order valence-electron chi connectivity index (χ3n) is 3.11. The molecular weight excluding hydrogens is 284 g/mol. The summed E-state index contributed by atoms with van der Waals surface area (Å²) >= 11 is 3.41. The number of imidazole rings is 1. The van der Waals surface area contributed by atoms with Crippen molar-refractivity contribution in [3.63, 3.8) is 0 Å². The smallest absolute Gasteiger partial charge is 0.138 e. The maximum Gasteiger partial charge on any atom is 0.138 e. The van der Waals surface area contributed by atoms with Gasteiger partial charge in [-0.2, -0.15) is 5.10 Å². The second-order valence-corrected chi connectivity index (χ2v) is 5.22. The molecule has 90 valence electrons. The van der Waals surface area contributed by atoms with E-state index >= 15 is 0 Å². The Morgan fingerprint density at radius 1 is 1.47 bits per heavy atom. The van der Waals surface area contributed by atoms with E-state index in [1.165, 1.54) is 12.8 Å². The van der Waals surface area contributed by atoms with Gasteiger partial charge in [-0.15, -0.1) is 0 Å². The SMILES string of the molecule is Cn1ncc(Br)c1C(O)c1cncn1C1CC1. The third kappa shape index (κ3) is 1.81. The van der Waals surface area contributed by atoms with Gasteiger partial charge < -0.3 is 9.67 Å². The Morgan fingerprint density at radius 3 is 2.82 bits per heavy atom. The van der Waals surface area contributed by atoms with Gasteiger partial charge in [0.2, 0.25) is 0 Å². The summed E-state index contributed by atoms with van der Waals surface area (Å²) in [5, 5.41) is 14.6. The van der Waals surface area contributed by atoms with Gasteiger partial charge >= 0.3 is 0 Å². The number of hydrogen-bond acceptors (Lipinski definition) is 3. The number of aryl methyl sites for hydroxylation is 1. The van der Waals surface area contributed by atoms with E-state index in [2.05, 4.69) is 30.6 Å². The van der Waals surface area contributed by atoms with Crippen LogP contribution in [0.25, 0.3) is 0 Å². The monoisotopic (exact) mass is 296 g/mol. The molecule has 1 unspecified atom stereocenters. The van der Waals surface area contributed by atoms with E-state index in [0.717, 1.165) is 15.9 Å². The predicted octanol–water partition coefficient (Wildman–Crippen LogP) is 1.80. The molecule has 0 radical (unpaired) electrons. The van der Waals surface area contributed by atoms with Crippen molar-refractivity contribution in [3.8, 4) is 0 Å². The Hall–Kier alpha value is -1.14. The molecule has 0 saturated heterocycles. The highest BCUT2D eigenvalue weighted by Crippen LogP contribution is 2.38. The van der Waals surface area contributed by atoms with Crippen molar-refractivity contribution in [1.29, 1.82) is 0 Å². The highest BCUT2D eigenvalue weighted by molar-refractivity contribution is 9.10. The summed E-state index contributed by atoms with van der Waals surface area (Å²) in [6, 6.07) is 0.508. The molecule has 1 saturated carbocycles. The Labute approximate surface area is 107 Å². The van der Waals surface area contributed by atoms with Crippen LogP contribution in [-0.2, 0) is 7.05 Å². The molecule has 1 fully saturated rings. The minimum atomic E-state index is -0.694. The number of aliphatic hydroxyl groups excluding tert-OH is 1. The third-order valence-corrected chi connectivity index (χ3v) is 3.72. The van der Waals surface area contributed by atoms with Gasteiger partial charge in [0.05, 0.1) is 34.6 Å². The van der Waals surface area contributed by atoms with Gasteiger partial charge in [0.25, 0.3) is 0 Å². The summed E-state index contributed by atoms with van der Waals surface area (Å²) < 4.78 is 4.55. The van der Waals surface area contributed by atoms with Crippen molar-refractivity contribution >= 4 is 15.9 Å². The van der Waals surface area contributed by atoms with Gasteiger partial charge in [0.15, 0.2) is 0 Å². The predicted molar refractivity (Wildman–Crippen MR) is 65.5 cm³/mol. The Bertz CT molecular complexity index is 524. The number of halogens is 1. The lowest BCUT2D eigenvalue weighted by atomic mass is 10.2. The molecule has 6 heteroatoms. The summed E-state index contributed by atoms with van der Waals surface area (Å²) in [7, 11) is 1.82. The quantitative estimate of drug-likeness (QED) is 0.940. The molecule has 2 aromatic heterocycles. The van der Waals surface area contributed by atoms with Crippen LogP contribution in [0.1, 0.15) is 36.4 Å². The first-order chi connectivity index (χ1) is 8.18. The van der Waals surface area contributed by atoms with Gasteiger partial charge in [-0.25, -0.2) is 4.98 Å². The van der Waals surface area contributed by atoms with E-state index in [1.807, 2.05) is 7.05 Å². The molecule has 0 bridgehead atoms. The van der Waals surface area contributed by atoms with Gasteiger partial charge in [0, 0.05) is 13.1 Å². The molecule has 1 aliphatic carbocycles. The van der Waals surface area contributed by atoms with Crippen LogP contribution in [0.4, 0.5) is 0 Å². The van der Waals surface area contributed by atoms with Crippen LogP contribution >= 0.6 is 15.9 Å². The first-order valence-electron chi connectivity index (χ1n) is 5.55. The molecule has 17 heavy (non-hydrogen) atoms. The van der Waals surface area contributed by atoms with Crippen LogP contribution in [0.15, 0.2) is 23.2 Å². The first-order valence-corrected chi connectivity index (χ1v) is 6.35. The van der Waals surface area contributed by atoms with Crippen LogP contribution in [0.5, 0.6) is 0 Å². The van der Waals surface area contributed by atoms with Gasteiger partial charge in [0.1, 0.15) is 6.10 Å². The highest BCUT2D eigenvalue weighted by Gasteiger charge is 2.29. The maximum absolute atomic E-state index is 10.4. The van der Waals surface area contributed by atoms with Crippen LogP contribution in [0.3, 0.4) is 0 Å². The van der Waals surface area contributed by atoms with Crippen LogP contribution in [0.2, 0.25) is 0 Å². The normalized spacial score (nSPS) is 17.4. The van der Waals surface area contributed by atoms with E-state index in [9.17, 15) is 5.11 Å². The van der Waals surface area contributed by atoms with Crippen LogP contribution in [0, 0.1) is 0 Å². The summed E-state index contributed by atoms with van der Waals surface area (Å²) in [6.07, 6.45) is 6.85. The van der Waals surface area contributed by atoms with Crippen molar-refractivity contribution < 1.29 is 5.11 Å². The van der Waals surface area contributed by atoms with Crippen molar-refractivity contribution in [3.05, 3.63) is 34.6 Å². The van der Waals surface area contributed by atoms with Crippen LogP contribution in [-0.4, -0.2) is 24.4 Å². The number of rotatable bonds is 3. The van der Waals surface area contributed by atoms with E-state index in [-0.39, 0.29) is 0 Å². The second-order valence-electron chi connectivity index (χ2n) is 4.36. The zero-order valence-electron chi connectivity index (χ0n) is 9.41. The number of hydrogen-bond donors (Lipinski definition) is 1. The maximum atomic E-state index is 10.4. The fourth-order valence-electron chi connectivity index (χ4n) is 2.05. The van der Waals surface area contributed by atoms with Crippen LogP contribution < -0.4 is 0 Å². The number of aromatic nitrogens is 4. The van der Waals surface area contributed by atoms with E-state index in [0.29, 0.717) is 6.04 Å². The van der Waals surface area contributed by atoms with E-state index in [4.69, 9.17) is 0 Å². The van der Waals surface area contributed by atoms with Gasteiger partial charge in [-0.3, -0.25) is 4.68 Å². The Balaban J connectivity index is 2.01. The average molecular weight is 297 g/mol. The summed E-state index contributed by atoms with van der Waals surface area (Å²) in [5.41, 5.74) is 1.59. The topological polar surface area (TPSA) is 55.9 Å². The summed E-state index contributed by atoms with van der Waals surface area (Å²) in [5.74, 6) is 0. The average Bonchev–Trinajstić information content (AvgIpc) is 2.94. The molecule has 0 aliphatic heterocycles. The van der Waals surface area contributed by atoms with Crippen molar-refractivity contribution in [2.75, 3.05) is 0 Å². The minimum Gasteiger partial charge on any atom is -0.380 e. The fourth-order valence-corrected chi connectivity index (χ4v) is 2.62. The Morgan fingerprint density at radius 2 is 2.24 bits per heavy atom. The summed E-state index contributed by atoms with van der Waals surface area (Å²) in [6.45, 7) is 0. The molecule has 0 aromatic carbocycles. The van der Waals surface area contributed by atoms with Crippen molar-refractivity contribution in [2.45, 2.75) is 25.0 Å². The highest BCUT2D eigenvalue weighted by atomic mass is 79.9. The molecule has 3 rings (SSSR count). The molecule has 2 heterocycles. The minimum absolute atomic E-state index is 0.508. The Kier molecular flexibility index (Phi) is 2.56. The largest absolute Gasteiger partial charge is 0.380 e.